The molecule has 2 amide bonds. The molecule has 31 heavy (non-hydrogen) atoms. The zero-order valence-corrected chi connectivity index (χ0v) is 17.5. The molecule has 1 aliphatic rings. The summed E-state index contributed by atoms with van der Waals surface area (Å²) in [7, 11) is 1.63. The van der Waals surface area contributed by atoms with Gasteiger partial charge in [0.2, 0.25) is 5.91 Å². The number of rotatable bonds is 6. The summed E-state index contributed by atoms with van der Waals surface area (Å²) in [6, 6.07) is 22.8. The van der Waals surface area contributed by atoms with Crippen LogP contribution in [-0.4, -0.2) is 31.6 Å². The third-order valence-corrected chi connectivity index (χ3v) is 5.18. The molecular formula is C25H24N2O4. The average Bonchev–Trinajstić information content (AvgIpc) is 2.78. The van der Waals surface area contributed by atoms with Crippen LogP contribution in [0.15, 0.2) is 72.8 Å². The number of methoxy groups -OCH3 is 1. The van der Waals surface area contributed by atoms with Crippen molar-refractivity contribution in [1.29, 1.82) is 0 Å². The quantitative estimate of drug-likeness (QED) is 0.659. The van der Waals surface area contributed by atoms with E-state index in [1.807, 2.05) is 54.6 Å². The molecule has 1 heterocycles. The van der Waals surface area contributed by atoms with E-state index in [1.165, 1.54) is 4.90 Å². The van der Waals surface area contributed by atoms with Crippen LogP contribution >= 0.6 is 0 Å². The SMILES string of the molecule is COc1ccc(NC(=O)CN2C(=O)C(C)Oc3ccccc32)cc1Cc1ccccc1. The lowest BCUT2D eigenvalue weighted by atomic mass is 10.0. The van der Waals surface area contributed by atoms with Gasteiger partial charge in [0, 0.05) is 17.7 Å². The van der Waals surface area contributed by atoms with Gasteiger partial charge in [0.1, 0.15) is 18.0 Å². The molecule has 0 saturated heterocycles. The Labute approximate surface area is 181 Å². The molecule has 0 radical (unpaired) electrons. The molecule has 0 saturated carbocycles. The number of hydrogen-bond acceptors (Lipinski definition) is 4. The van der Waals surface area contributed by atoms with Crippen LogP contribution in [0.2, 0.25) is 0 Å². The number of amides is 2. The Bertz CT molecular complexity index is 1100. The van der Waals surface area contributed by atoms with Crippen molar-refractivity contribution >= 4 is 23.2 Å². The van der Waals surface area contributed by atoms with E-state index in [-0.39, 0.29) is 18.4 Å². The molecule has 1 unspecified atom stereocenters. The molecule has 0 bridgehead atoms. The number of para-hydroxylation sites is 2. The first-order chi connectivity index (χ1) is 15.0. The molecule has 6 heteroatoms. The lowest BCUT2D eigenvalue weighted by molar-refractivity contribution is -0.127. The highest BCUT2D eigenvalue weighted by Crippen LogP contribution is 2.33. The Morgan fingerprint density at radius 2 is 1.81 bits per heavy atom. The summed E-state index contributed by atoms with van der Waals surface area (Å²) in [5.41, 5.74) is 3.36. The maximum Gasteiger partial charge on any atom is 0.268 e. The van der Waals surface area contributed by atoms with Gasteiger partial charge in [0.15, 0.2) is 6.10 Å². The topological polar surface area (TPSA) is 67.9 Å². The molecule has 1 N–H and O–H groups in total. The Hall–Kier alpha value is -3.80. The number of nitrogens with one attached hydrogen (secondary N) is 1. The van der Waals surface area contributed by atoms with E-state index >= 15 is 0 Å². The predicted octanol–water partition coefficient (Wildman–Crippen LogP) is 4.04. The fourth-order valence-electron chi connectivity index (χ4n) is 3.68. The van der Waals surface area contributed by atoms with Gasteiger partial charge in [-0.2, -0.15) is 0 Å². The summed E-state index contributed by atoms with van der Waals surface area (Å²) in [4.78, 5) is 26.9. The molecule has 0 fully saturated rings. The summed E-state index contributed by atoms with van der Waals surface area (Å²) < 4.78 is 11.1. The Morgan fingerprint density at radius 1 is 1.06 bits per heavy atom. The van der Waals surface area contributed by atoms with Crippen molar-refractivity contribution in [3.8, 4) is 11.5 Å². The number of carbonyl (C=O) groups is 2. The van der Waals surface area contributed by atoms with Crippen molar-refractivity contribution < 1.29 is 19.1 Å². The van der Waals surface area contributed by atoms with Crippen LogP contribution in [0.5, 0.6) is 11.5 Å². The first-order valence-corrected chi connectivity index (χ1v) is 10.1. The molecule has 0 aromatic heterocycles. The Balaban J connectivity index is 1.51. The van der Waals surface area contributed by atoms with Crippen molar-refractivity contribution in [2.24, 2.45) is 0 Å². The van der Waals surface area contributed by atoms with Crippen LogP contribution in [0.4, 0.5) is 11.4 Å². The number of anilines is 2. The van der Waals surface area contributed by atoms with Gasteiger partial charge >= 0.3 is 0 Å². The molecule has 3 aromatic carbocycles. The van der Waals surface area contributed by atoms with Crippen LogP contribution in [-0.2, 0) is 16.0 Å². The van der Waals surface area contributed by atoms with Crippen molar-refractivity contribution in [3.05, 3.63) is 83.9 Å². The van der Waals surface area contributed by atoms with Crippen molar-refractivity contribution in [3.63, 3.8) is 0 Å². The molecule has 158 valence electrons. The molecule has 0 spiro atoms. The molecular weight excluding hydrogens is 392 g/mol. The number of nitrogens with zero attached hydrogens (tertiary/aromatic N) is 1. The monoisotopic (exact) mass is 416 g/mol. The first kappa shape index (κ1) is 20.5. The smallest absolute Gasteiger partial charge is 0.268 e. The highest BCUT2D eigenvalue weighted by molar-refractivity contribution is 6.06. The normalized spacial score (nSPS) is 15.1. The zero-order chi connectivity index (χ0) is 21.8. The maximum atomic E-state index is 12.8. The minimum atomic E-state index is -0.638. The second-order valence-corrected chi connectivity index (χ2v) is 7.39. The maximum absolute atomic E-state index is 12.8. The van der Waals surface area contributed by atoms with Gasteiger partial charge in [-0.05, 0) is 42.8 Å². The van der Waals surface area contributed by atoms with E-state index in [0.717, 1.165) is 16.9 Å². The van der Waals surface area contributed by atoms with Crippen molar-refractivity contribution in [2.45, 2.75) is 19.4 Å². The van der Waals surface area contributed by atoms with Crippen LogP contribution in [0, 0.1) is 0 Å². The standard InChI is InChI=1S/C25H24N2O4/c1-17-25(29)27(21-10-6-7-11-23(21)31-17)16-24(28)26-20-12-13-22(30-2)19(15-20)14-18-8-4-3-5-9-18/h3-13,15,17H,14,16H2,1-2H3,(H,26,28). The van der Waals surface area contributed by atoms with Gasteiger partial charge in [-0.1, -0.05) is 42.5 Å². The third-order valence-electron chi connectivity index (χ3n) is 5.18. The minimum Gasteiger partial charge on any atom is -0.496 e. The van der Waals surface area contributed by atoms with E-state index in [4.69, 9.17) is 9.47 Å². The lowest BCUT2D eigenvalue weighted by Gasteiger charge is -2.32. The Morgan fingerprint density at radius 3 is 2.58 bits per heavy atom. The summed E-state index contributed by atoms with van der Waals surface area (Å²) >= 11 is 0. The second kappa shape index (κ2) is 8.92. The predicted molar refractivity (Wildman–Crippen MR) is 120 cm³/mol. The van der Waals surface area contributed by atoms with E-state index in [0.29, 0.717) is 23.5 Å². The average molecular weight is 416 g/mol. The third kappa shape index (κ3) is 4.53. The van der Waals surface area contributed by atoms with E-state index in [1.54, 1.807) is 32.2 Å². The van der Waals surface area contributed by atoms with E-state index < -0.39 is 6.10 Å². The molecule has 0 aliphatic carbocycles. The summed E-state index contributed by atoms with van der Waals surface area (Å²) in [5, 5.41) is 2.90. The molecule has 1 aliphatic heterocycles. The number of carbonyl (C=O) groups excluding carboxylic acids is 2. The van der Waals surface area contributed by atoms with Gasteiger partial charge in [-0.3, -0.25) is 14.5 Å². The number of hydrogen-bond donors (Lipinski definition) is 1. The number of benzene rings is 3. The summed E-state index contributed by atoms with van der Waals surface area (Å²) in [5.74, 6) is 0.825. The first-order valence-electron chi connectivity index (χ1n) is 10.1. The van der Waals surface area contributed by atoms with Gasteiger partial charge in [0.05, 0.1) is 12.8 Å². The van der Waals surface area contributed by atoms with Crippen LogP contribution < -0.4 is 19.7 Å². The molecule has 6 nitrogen and oxygen atoms in total. The van der Waals surface area contributed by atoms with Crippen molar-refractivity contribution in [2.75, 3.05) is 23.9 Å². The van der Waals surface area contributed by atoms with E-state index in [2.05, 4.69) is 5.32 Å². The second-order valence-electron chi connectivity index (χ2n) is 7.39. The highest BCUT2D eigenvalue weighted by Gasteiger charge is 2.32. The Kier molecular flexibility index (Phi) is 5.89. The zero-order valence-electron chi connectivity index (χ0n) is 17.5. The van der Waals surface area contributed by atoms with Crippen LogP contribution in [0.1, 0.15) is 18.1 Å². The molecule has 3 aromatic rings. The number of ether oxygens (including phenoxy) is 2. The highest BCUT2D eigenvalue weighted by atomic mass is 16.5. The van der Waals surface area contributed by atoms with Gasteiger partial charge in [-0.15, -0.1) is 0 Å². The summed E-state index contributed by atoms with van der Waals surface area (Å²) in [6.07, 6.45) is 0.0433. The minimum absolute atomic E-state index is 0.0937. The molecule has 1 atom stereocenters. The molecule has 4 rings (SSSR count). The van der Waals surface area contributed by atoms with Gasteiger partial charge in [-0.25, -0.2) is 0 Å². The van der Waals surface area contributed by atoms with Gasteiger partial charge in [0.25, 0.3) is 5.91 Å². The van der Waals surface area contributed by atoms with Crippen LogP contribution in [0.25, 0.3) is 0 Å². The largest absolute Gasteiger partial charge is 0.496 e. The van der Waals surface area contributed by atoms with Gasteiger partial charge < -0.3 is 14.8 Å². The van der Waals surface area contributed by atoms with Crippen LogP contribution in [0.3, 0.4) is 0 Å². The van der Waals surface area contributed by atoms with E-state index in [9.17, 15) is 9.59 Å². The fourth-order valence-corrected chi connectivity index (χ4v) is 3.68. The van der Waals surface area contributed by atoms with Crippen molar-refractivity contribution in [1.82, 2.24) is 0 Å². The fraction of sp³-hybridized carbons (Fsp3) is 0.200. The number of fused-ring (bicyclic) bond motifs is 1. The lowest BCUT2D eigenvalue weighted by Crippen LogP contribution is -2.47. The summed E-state index contributed by atoms with van der Waals surface area (Å²) in [6.45, 7) is 1.59.